The second kappa shape index (κ2) is 10.8. The molecule has 1 aromatic carbocycles. The van der Waals surface area contributed by atoms with Gasteiger partial charge in [0.1, 0.15) is 41.5 Å². The molecule has 0 spiro atoms. The van der Waals surface area contributed by atoms with Crippen LogP contribution in [0.3, 0.4) is 0 Å². The minimum absolute atomic E-state index is 0.166. The lowest BCUT2D eigenvalue weighted by atomic mass is 10.2. The Morgan fingerprint density at radius 2 is 2.12 bits per heavy atom. The molecule has 34 heavy (non-hydrogen) atoms. The van der Waals surface area contributed by atoms with Crippen molar-refractivity contribution in [3.05, 3.63) is 52.3 Å². The molecule has 2 aromatic heterocycles. The number of ether oxygens (including phenoxy) is 1. The summed E-state index contributed by atoms with van der Waals surface area (Å²) in [6.45, 7) is 2.83. The summed E-state index contributed by atoms with van der Waals surface area (Å²) in [6, 6.07) is 9.08. The third kappa shape index (κ3) is 5.93. The van der Waals surface area contributed by atoms with Gasteiger partial charge in [-0.05, 0) is 38.9 Å². The summed E-state index contributed by atoms with van der Waals surface area (Å²) >= 11 is 0. The highest BCUT2D eigenvalue weighted by molar-refractivity contribution is 5.91. The number of aromatic nitrogens is 3. The molecular formula is C23H28N8O3. The van der Waals surface area contributed by atoms with Crippen LogP contribution in [-0.2, 0) is 6.54 Å². The van der Waals surface area contributed by atoms with E-state index in [9.17, 15) is 4.91 Å². The number of nitrogens with one attached hydrogen (secondary N) is 4. The predicted molar refractivity (Wildman–Crippen MR) is 130 cm³/mol. The van der Waals surface area contributed by atoms with Gasteiger partial charge in [0.2, 0.25) is 0 Å². The van der Waals surface area contributed by atoms with E-state index in [4.69, 9.17) is 24.6 Å². The van der Waals surface area contributed by atoms with Crippen LogP contribution in [0, 0.1) is 17.2 Å². The number of nitrogens with zero attached hydrogens (tertiary/aromatic N) is 4. The van der Waals surface area contributed by atoms with Crippen LogP contribution in [0.4, 0.5) is 11.6 Å². The quantitative estimate of drug-likeness (QED) is 0.220. The van der Waals surface area contributed by atoms with Gasteiger partial charge in [0.05, 0.1) is 12.1 Å². The highest BCUT2D eigenvalue weighted by atomic mass is 16.5. The van der Waals surface area contributed by atoms with E-state index in [1.165, 1.54) is 6.21 Å². The van der Waals surface area contributed by atoms with E-state index < -0.39 is 6.04 Å². The Balaban J connectivity index is 1.61. The van der Waals surface area contributed by atoms with Crippen LogP contribution in [0.5, 0.6) is 5.75 Å². The first kappa shape index (κ1) is 23.3. The van der Waals surface area contributed by atoms with Gasteiger partial charge in [0.25, 0.3) is 0 Å². The second-order valence-corrected chi connectivity index (χ2v) is 8.16. The van der Waals surface area contributed by atoms with E-state index in [-0.39, 0.29) is 6.61 Å². The molecule has 1 fully saturated rings. The zero-order valence-corrected chi connectivity index (χ0v) is 19.2. The number of benzene rings is 1. The standard InChI is InChI=1S/C23H28N8O3/c1-14-8-17(31-34-14)12-26-22-20(10-24)23(27-16-6-7-16)29-21(28-22)15-4-3-5-19(9-15)33-13-18(30-32)11-25-2/h3-5,8-10,16,18,24-25H,6-7,11-13H2,1-2H3,(H2,26,27,28,29)/t18-/m0/s1. The molecule has 178 valence electrons. The van der Waals surface area contributed by atoms with Gasteiger partial charge in [0.15, 0.2) is 5.82 Å². The van der Waals surface area contributed by atoms with Gasteiger partial charge in [-0.3, -0.25) is 0 Å². The minimum Gasteiger partial charge on any atom is -0.491 e. The van der Waals surface area contributed by atoms with Crippen molar-refractivity contribution in [1.29, 1.82) is 5.41 Å². The molecule has 2 heterocycles. The maximum atomic E-state index is 11.0. The Bertz CT molecular complexity index is 1140. The van der Waals surface area contributed by atoms with Crippen LogP contribution in [0.25, 0.3) is 11.4 Å². The van der Waals surface area contributed by atoms with Gasteiger partial charge in [-0.15, -0.1) is 0 Å². The molecule has 0 saturated heterocycles. The normalized spacial score (nSPS) is 13.8. The maximum absolute atomic E-state index is 11.0. The van der Waals surface area contributed by atoms with Gasteiger partial charge in [-0.25, -0.2) is 9.97 Å². The van der Waals surface area contributed by atoms with Crippen molar-refractivity contribution >= 4 is 17.9 Å². The van der Waals surface area contributed by atoms with E-state index in [2.05, 4.69) is 26.3 Å². The largest absolute Gasteiger partial charge is 0.491 e. The molecule has 0 aliphatic heterocycles. The Labute approximate surface area is 197 Å². The zero-order valence-electron chi connectivity index (χ0n) is 19.2. The fourth-order valence-electron chi connectivity index (χ4n) is 3.36. The monoisotopic (exact) mass is 464 g/mol. The number of hydrogen-bond acceptors (Lipinski definition) is 11. The fourth-order valence-corrected chi connectivity index (χ4v) is 3.36. The predicted octanol–water partition coefficient (Wildman–Crippen LogP) is 3.36. The summed E-state index contributed by atoms with van der Waals surface area (Å²) in [6.07, 6.45) is 3.39. The summed E-state index contributed by atoms with van der Waals surface area (Å²) < 4.78 is 10.9. The molecule has 1 saturated carbocycles. The smallest absolute Gasteiger partial charge is 0.164 e. The van der Waals surface area contributed by atoms with Crippen molar-refractivity contribution in [3.8, 4) is 17.1 Å². The molecular weight excluding hydrogens is 436 g/mol. The van der Waals surface area contributed by atoms with Crippen LogP contribution in [0.15, 0.2) is 40.0 Å². The van der Waals surface area contributed by atoms with Crippen molar-refractivity contribution in [2.75, 3.05) is 30.8 Å². The maximum Gasteiger partial charge on any atom is 0.164 e. The fraction of sp³-hybridized carbons (Fsp3) is 0.391. The molecule has 0 amide bonds. The summed E-state index contributed by atoms with van der Waals surface area (Å²) in [5, 5.41) is 24.6. The van der Waals surface area contributed by atoms with E-state index in [1.807, 2.05) is 37.3 Å². The molecule has 1 atom stereocenters. The Morgan fingerprint density at radius 1 is 1.29 bits per heavy atom. The Morgan fingerprint density at radius 3 is 2.79 bits per heavy atom. The minimum atomic E-state index is -0.484. The molecule has 3 aromatic rings. The van der Waals surface area contributed by atoms with Crippen LogP contribution in [-0.4, -0.2) is 53.6 Å². The summed E-state index contributed by atoms with van der Waals surface area (Å²) in [5.74, 6) is 2.92. The van der Waals surface area contributed by atoms with E-state index >= 15 is 0 Å². The van der Waals surface area contributed by atoms with E-state index in [0.29, 0.717) is 47.9 Å². The van der Waals surface area contributed by atoms with Crippen LogP contribution >= 0.6 is 0 Å². The lowest BCUT2D eigenvalue weighted by Crippen LogP contribution is -2.27. The third-order valence-electron chi connectivity index (χ3n) is 5.25. The number of anilines is 2. The first-order valence-electron chi connectivity index (χ1n) is 11.1. The van der Waals surface area contributed by atoms with Gasteiger partial charge in [-0.2, -0.15) is 4.91 Å². The van der Waals surface area contributed by atoms with Crippen molar-refractivity contribution in [1.82, 2.24) is 20.4 Å². The number of rotatable bonds is 13. The number of nitroso groups, excluding NO2 is 1. The molecule has 1 aliphatic carbocycles. The molecule has 4 N–H and O–H groups in total. The molecule has 1 aliphatic rings. The second-order valence-electron chi connectivity index (χ2n) is 8.16. The van der Waals surface area contributed by atoms with Crippen LogP contribution in [0.2, 0.25) is 0 Å². The van der Waals surface area contributed by atoms with Crippen molar-refractivity contribution in [2.45, 2.75) is 38.4 Å². The summed E-state index contributed by atoms with van der Waals surface area (Å²) in [7, 11) is 1.76. The number of hydrogen-bond donors (Lipinski definition) is 4. The molecule has 0 radical (unpaired) electrons. The molecule has 11 nitrogen and oxygen atoms in total. The lowest BCUT2D eigenvalue weighted by Gasteiger charge is -2.15. The molecule has 11 heteroatoms. The molecule has 0 unspecified atom stereocenters. The van der Waals surface area contributed by atoms with E-state index in [1.54, 1.807) is 7.05 Å². The van der Waals surface area contributed by atoms with Gasteiger partial charge >= 0.3 is 0 Å². The van der Waals surface area contributed by atoms with Gasteiger partial charge in [-0.1, -0.05) is 22.5 Å². The average Bonchev–Trinajstić information content (AvgIpc) is 3.57. The summed E-state index contributed by atoms with van der Waals surface area (Å²) in [5.41, 5.74) is 2.06. The first-order valence-corrected chi connectivity index (χ1v) is 11.1. The van der Waals surface area contributed by atoms with Gasteiger partial charge < -0.3 is 30.6 Å². The zero-order chi connectivity index (χ0) is 23.9. The number of aryl methyl sites for hydroxylation is 1. The number of likely N-dealkylation sites (N-methyl/N-ethyl adjacent to an activating group) is 1. The summed E-state index contributed by atoms with van der Waals surface area (Å²) in [4.78, 5) is 20.4. The Kier molecular flexibility index (Phi) is 7.43. The first-order chi connectivity index (χ1) is 16.6. The van der Waals surface area contributed by atoms with Crippen molar-refractivity contribution < 1.29 is 9.26 Å². The van der Waals surface area contributed by atoms with E-state index in [0.717, 1.165) is 29.9 Å². The highest BCUT2D eigenvalue weighted by Crippen LogP contribution is 2.31. The lowest BCUT2D eigenvalue weighted by molar-refractivity contribution is 0.286. The SMILES string of the molecule is CNC[C@@H](COc1cccc(-c2nc(NCc3cc(C)on3)c(C=N)c(NC3CC3)n2)c1)N=O. The third-order valence-corrected chi connectivity index (χ3v) is 5.25. The van der Waals surface area contributed by atoms with Crippen molar-refractivity contribution in [2.24, 2.45) is 5.18 Å². The highest BCUT2D eigenvalue weighted by Gasteiger charge is 2.24. The topological polar surface area (TPSA) is 150 Å². The average molecular weight is 465 g/mol. The van der Waals surface area contributed by atoms with Crippen LogP contribution in [0.1, 0.15) is 29.9 Å². The van der Waals surface area contributed by atoms with Gasteiger partial charge in [0, 0.05) is 30.4 Å². The Hall–Kier alpha value is -3.86. The van der Waals surface area contributed by atoms with Crippen molar-refractivity contribution in [3.63, 3.8) is 0 Å². The van der Waals surface area contributed by atoms with Crippen LogP contribution < -0.4 is 20.7 Å². The molecule has 4 rings (SSSR count). The molecule has 0 bridgehead atoms.